The summed E-state index contributed by atoms with van der Waals surface area (Å²) in [5.74, 6) is 0. The molecule has 0 aromatic carbocycles. The van der Waals surface area contributed by atoms with E-state index in [9.17, 15) is 0 Å². The molecule has 0 aliphatic heterocycles. The summed E-state index contributed by atoms with van der Waals surface area (Å²) in [6, 6.07) is 23.8. The van der Waals surface area contributed by atoms with Crippen LogP contribution in [0.3, 0.4) is 0 Å². The highest BCUT2D eigenvalue weighted by Crippen LogP contribution is 2.24. The molecule has 4 heterocycles. The number of nitrogens with zero attached hydrogens (tertiary/aromatic N) is 6. The van der Waals surface area contributed by atoms with Gasteiger partial charge in [0, 0.05) is 24.8 Å². The first-order chi connectivity index (χ1) is 16.8. The van der Waals surface area contributed by atoms with Crippen LogP contribution in [0, 0.1) is 0 Å². The van der Waals surface area contributed by atoms with Gasteiger partial charge in [0.25, 0.3) is 0 Å². The molecule has 6 nitrogen and oxygen atoms in total. The average molecular weight is 447 g/mol. The minimum absolute atomic E-state index is 0.143. The molecule has 6 heteroatoms. The second kappa shape index (κ2) is 10.7. The Morgan fingerprint density at radius 2 is 1.03 bits per heavy atom. The summed E-state index contributed by atoms with van der Waals surface area (Å²) in [6.07, 6.45) is 11.7. The van der Waals surface area contributed by atoms with Gasteiger partial charge < -0.3 is 0 Å². The number of aliphatic imine (C=N–C) groups is 2. The average Bonchev–Trinajstić information content (AvgIpc) is 2.92. The Labute approximate surface area is 199 Å². The first-order valence-corrected chi connectivity index (χ1v) is 11.7. The number of hydrogen-bond donors (Lipinski definition) is 0. The molecule has 4 aromatic heterocycles. The molecule has 5 rings (SSSR count). The summed E-state index contributed by atoms with van der Waals surface area (Å²) in [7, 11) is 0. The van der Waals surface area contributed by atoms with Gasteiger partial charge in [-0.2, -0.15) is 0 Å². The fraction of sp³-hybridized carbons (Fsp3) is 0.214. The van der Waals surface area contributed by atoms with Gasteiger partial charge in [-0.15, -0.1) is 0 Å². The summed E-state index contributed by atoms with van der Waals surface area (Å²) in [5.41, 5.74) is 5.09. The van der Waals surface area contributed by atoms with Gasteiger partial charge in [0.1, 0.15) is 0 Å². The van der Waals surface area contributed by atoms with Crippen molar-refractivity contribution in [3.63, 3.8) is 0 Å². The second-order valence-electron chi connectivity index (χ2n) is 8.30. The van der Waals surface area contributed by atoms with Crippen LogP contribution in [-0.4, -0.2) is 44.4 Å². The van der Waals surface area contributed by atoms with Crippen molar-refractivity contribution in [2.75, 3.05) is 0 Å². The predicted molar refractivity (Wildman–Crippen MR) is 136 cm³/mol. The lowest BCUT2D eigenvalue weighted by Gasteiger charge is -2.25. The molecule has 0 unspecified atom stereocenters. The molecule has 4 aromatic rings. The summed E-state index contributed by atoms with van der Waals surface area (Å²) in [6.45, 7) is 0. The molecule has 2 atom stereocenters. The largest absolute Gasteiger partial charge is 0.285 e. The van der Waals surface area contributed by atoms with E-state index in [0.29, 0.717) is 0 Å². The van der Waals surface area contributed by atoms with Gasteiger partial charge >= 0.3 is 0 Å². The molecule has 0 radical (unpaired) electrons. The molecule has 1 saturated carbocycles. The molecule has 0 spiro atoms. The van der Waals surface area contributed by atoms with Crippen molar-refractivity contribution in [3.8, 4) is 22.8 Å². The quantitative estimate of drug-likeness (QED) is 0.369. The lowest BCUT2D eigenvalue weighted by Crippen LogP contribution is -2.27. The van der Waals surface area contributed by atoms with E-state index in [1.807, 2.05) is 85.2 Å². The molecule has 34 heavy (non-hydrogen) atoms. The van der Waals surface area contributed by atoms with E-state index < -0.39 is 0 Å². The van der Waals surface area contributed by atoms with Crippen LogP contribution in [0.5, 0.6) is 0 Å². The second-order valence-corrected chi connectivity index (χ2v) is 8.30. The zero-order chi connectivity index (χ0) is 23.0. The Morgan fingerprint density at radius 3 is 1.47 bits per heavy atom. The molecule has 0 saturated heterocycles. The topological polar surface area (TPSA) is 76.3 Å². The summed E-state index contributed by atoms with van der Waals surface area (Å²) in [4.78, 5) is 28.0. The van der Waals surface area contributed by atoms with E-state index in [1.54, 1.807) is 12.4 Å². The molecular weight excluding hydrogens is 420 g/mol. The first kappa shape index (κ1) is 21.8. The first-order valence-electron chi connectivity index (χ1n) is 11.7. The van der Waals surface area contributed by atoms with Crippen molar-refractivity contribution in [2.45, 2.75) is 37.8 Å². The smallest absolute Gasteiger partial charge is 0.0894 e. The number of hydrogen-bond acceptors (Lipinski definition) is 6. The van der Waals surface area contributed by atoms with Gasteiger partial charge in [-0.3, -0.25) is 20.0 Å². The van der Waals surface area contributed by atoms with E-state index in [-0.39, 0.29) is 12.1 Å². The molecule has 1 aliphatic carbocycles. The van der Waals surface area contributed by atoms with Gasteiger partial charge in [-0.25, -0.2) is 9.97 Å². The van der Waals surface area contributed by atoms with Crippen LogP contribution >= 0.6 is 0 Å². The van der Waals surface area contributed by atoms with Crippen LogP contribution in [0.15, 0.2) is 95.2 Å². The zero-order valence-corrected chi connectivity index (χ0v) is 18.9. The van der Waals surface area contributed by atoms with E-state index in [4.69, 9.17) is 20.0 Å². The summed E-state index contributed by atoms with van der Waals surface area (Å²) >= 11 is 0. The van der Waals surface area contributed by atoms with Crippen molar-refractivity contribution in [3.05, 3.63) is 96.6 Å². The van der Waals surface area contributed by atoms with Crippen LogP contribution < -0.4 is 0 Å². The van der Waals surface area contributed by atoms with Crippen molar-refractivity contribution in [1.29, 1.82) is 0 Å². The Balaban J connectivity index is 1.31. The molecule has 168 valence electrons. The standard InChI is InChI=1S/C28H26N6/c1-2-12-24(32-20-22-10-8-16-28(34-22)26-14-4-6-18-30-26)23(11-1)31-19-21-9-7-15-27(33-21)25-13-3-5-17-29-25/h3-10,13-20,23-24H,1-2,11-12H2/t23-,24-/m0/s1. The number of aromatic nitrogens is 4. The maximum Gasteiger partial charge on any atom is 0.0894 e. The van der Waals surface area contributed by atoms with Crippen molar-refractivity contribution in [2.24, 2.45) is 9.98 Å². The van der Waals surface area contributed by atoms with Gasteiger partial charge in [0.2, 0.25) is 0 Å². The third-order valence-electron chi connectivity index (χ3n) is 5.89. The number of pyridine rings is 4. The molecule has 1 aliphatic rings. The predicted octanol–water partition coefficient (Wildman–Crippen LogP) is 5.45. The molecule has 0 N–H and O–H groups in total. The van der Waals surface area contributed by atoms with Crippen LogP contribution in [-0.2, 0) is 0 Å². The Kier molecular flexibility index (Phi) is 6.85. The fourth-order valence-electron chi connectivity index (χ4n) is 4.14. The van der Waals surface area contributed by atoms with Crippen molar-refractivity contribution < 1.29 is 0 Å². The lowest BCUT2D eigenvalue weighted by molar-refractivity contribution is 0.390. The monoisotopic (exact) mass is 446 g/mol. The van der Waals surface area contributed by atoms with Gasteiger partial charge in [-0.1, -0.05) is 37.1 Å². The minimum Gasteiger partial charge on any atom is -0.285 e. The SMILES string of the molecule is C(=N[C@H]1CCCC[C@@H]1N=Cc1cccc(-c2ccccn2)n1)c1cccc(-c2ccccn2)n1. The number of rotatable bonds is 6. The maximum atomic E-state index is 4.90. The molecular formula is C28H26N6. The lowest BCUT2D eigenvalue weighted by atomic mass is 9.91. The highest BCUT2D eigenvalue weighted by Gasteiger charge is 2.23. The third kappa shape index (κ3) is 5.46. The summed E-state index contributed by atoms with van der Waals surface area (Å²) in [5, 5.41) is 0. The van der Waals surface area contributed by atoms with Crippen LogP contribution in [0.2, 0.25) is 0 Å². The molecule has 1 fully saturated rings. The Morgan fingerprint density at radius 1 is 0.559 bits per heavy atom. The summed E-state index contributed by atoms with van der Waals surface area (Å²) < 4.78 is 0. The van der Waals surface area contributed by atoms with Crippen molar-refractivity contribution >= 4 is 12.4 Å². The highest BCUT2D eigenvalue weighted by atomic mass is 14.9. The normalized spacial score (nSPS) is 18.5. The van der Waals surface area contributed by atoms with Crippen molar-refractivity contribution in [1.82, 2.24) is 19.9 Å². The fourth-order valence-corrected chi connectivity index (χ4v) is 4.14. The Hall–Kier alpha value is -4.06. The van der Waals surface area contributed by atoms with Crippen LogP contribution in [0.4, 0.5) is 0 Å². The zero-order valence-electron chi connectivity index (χ0n) is 18.9. The molecule has 0 amide bonds. The van der Waals surface area contributed by atoms with E-state index in [1.165, 1.54) is 12.8 Å². The van der Waals surface area contributed by atoms with E-state index in [2.05, 4.69) is 9.97 Å². The molecule has 0 bridgehead atoms. The van der Waals surface area contributed by atoms with Gasteiger partial charge in [0.05, 0.1) is 46.2 Å². The van der Waals surface area contributed by atoms with Gasteiger partial charge in [-0.05, 0) is 61.4 Å². The van der Waals surface area contributed by atoms with Crippen LogP contribution in [0.1, 0.15) is 37.1 Å². The van der Waals surface area contributed by atoms with E-state index >= 15 is 0 Å². The maximum absolute atomic E-state index is 4.90. The highest BCUT2D eigenvalue weighted by molar-refractivity contribution is 5.79. The third-order valence-corrected chi connectivity index (χ3v) is 5.89. The minimum atomic E-state index is 0.143. The van der Waals surface area contributed by atoms with E-state index in [0.717, 1.165) is 47.0 Å². The van der Waals surface area contributed by atoms with Gasteiger partial charge in [0.15, 0.2) is 0 Å². The Bertz CT molecular complexity index is 1170. The van der Waals surface area contributed by atoms with Crippen LogP contribution in [0.25, 0.3) is 22.8 Å².